The molecule has 0 bridgehead atoms. The van der Waals surface area contributed by atoms with Crippen molar-refractivity contribution in [1.82, 2.24) is 0 Å². The van der Waals surface area contributed by atoms with E-state index in [4.69, 9.17) is 38.1 Å². The molecule has 0 radical (unpaired) electrons. The molecule has 5 rings (SSSR count). The van der Waals surface area contributed by atoms with Crippen LogP contribution in [0.3, 0.4) is 0 Å². The zero-order valence-corrected chi connectivity index (χ0v) is 21.3. The highest BCUT2D eigenvalue weighted by atomic mass is 35.5. The molecule has 0 saturated heterocycles. The number of hydrogen-bond donors (Lipinski definition) is 1. The third-order valence-corrected chi connectivity index (χ3v) is 7.77. The molecule has 4 aromatic rings. The average Bonchev–Trinajstić information content (AvgIpc) is 3.58. The van der Waals surface area contributed by atoms with Crippen LogP contribution in [0.5, 0.6) is 0 Å². The van der Waals surface area contributed by atoms with Gasteiger partial charge in [0.2, 0.25) is 0 Å². The van der Waals surface area contributed by atoms with Crippen LogP contribution in [0.4, 0.5) is 5.00 Å². The SMILES string of the molecule is NC(=O)c1c(N=Cc2ccc(-c3ccc(Cl)c(C(=O)OCc4ccccc4Cl)c3)o2)sc2c1CCC2. The van der Waals surface area contributed by atoms with Gasteiger partial charge in [0.15, 0.2) is 0 Å². The van der Waals surface area contributed by atoms with Crippen LogP contribution in [-0.4, -0.2) is 18.1 Å². The van der Waals surface area contributed by atoms with Crippen molar-refractivity contribution in [2.75, 3.05) is 0 Å². The highest BCUT2D eigenvalue weighted by molar-refractivity contribution is 7.16. The first-order chi connectivity index (χ1) is 17.4. The van der Waals surface area contributed by atoms with Gasteiger partial charge in [-0.3, -0.25) is 4.79 Å². The van der Waals surface area contributed by atoms with E-state index < -0.39 is 11.9 Å². The second-order valence-electron chi connectivity index (χ2n) is 8.22. The molecule has 2 aromatic carbocycles. The zero-order chi connectivity index (χ0) is 25.2. The molecule has 0 fully saturated rings. The van der Waals surface area contributed by atoms with Gasteiger partial charge in [-0.05, 0) is 61.2 Å². The molecule has 0 aliphatic heterocycles. The van der Waals surface area contributed by atoms with E-state index in [0.29, 0.717) is 38.2 Å². The summed E-state index contributed by atoms with van der Waals surface area (Å²) in [6.07, 6.45) is 4.39. The largest absolute Gasteiger partial charge is 0.457 e. The molecular formula is C27H20Cl2N2O4S. The Labute approximate surface area is 221 Å². The molecule has 0 spiro atoms. The van der Waals surface area contributed by atoms with Crippen LogP contribution in [0.15, 0.2) is 64.0 Å². The van der Waals surface area contributed by atoms with Gasteiger partial charge in [0.1, 0.15) is 23.1 Å². The van der Waals surface area contributed by atoms with Gasteiger partial charge in [-0.25, -0.2) is 9.79 Å². The lowest BCUT2D eigenvalue weighted by atomic mass is 10.1. The molecular weight excluding hydrogens is 519 g/mol. The van der Waals surface area contributed by atoms with Crippen molar-refractivity contribution in [2.45, 2.75) is 25.9 Å². The van der Waals surface area contributed by atoms with E-state index in [-0.39, 0.29) is 17.2 Å². The fourth-order valence-corrected chi connectivity index (χ4v) is 5.73. The predicted octanol–water partition coefficient (Wildman–Crippen LogP) is 7.01. The summed E-state index contributed by atoms with van der Waals surface area (Å²) in [6, 6.07) is 15.7. The van der Waals surface area contributed by atoms with Gasteiger partial charge in [-0.1, -0.05) is 41.4 Å². The fraction of sp³-hybridized carbons (Fsp3) is 0.148. The highest BCUT2D eigenvalue weighted by Crippen LogP contribution is 2.40. The summed E-state index contributed by atoms with van der Waals surface area (Å²) in [6.45, 7) is 0.0276. The molecule has 2 heterocycles. The second kappa shape index (κ2) is 10.3. The Hall–Kier alpha value is -3.39. The number of nitrogens with zero attached hydrogens (tertiary/aromatic N) is 1. The number of ether oxygens (including phenoxy) is 1. The third-order valence-electron chi connectivity index (χ3n) is 5.87. The van der Waals surface area contributed by atoms with Gasteiger partial charge >= 0.3 is 5.97 Å². The second-order valence-corrected chi connectivity index (χ2v) is 10.1. The number of halogens is 2. The molecule has 2 N–H and O–H groups in total. The van der Waals surface area contributed by atoms with Crippen molar-refractivity contribution in [1.29, 1.82) is 0 Å². The molecule has 1 aliphatic rings. The number of aryl methyl sites for hydroxylation is 1. The van der Waals surface area contributed by atoms with E-state index in [1.54, 1.807) is 54.7 Å². The van der Waals surface area contributed by atoms with Crippen LogP contribution in [0.25, 0.3) is 11.3 Å². The van der Waals surface area contributed by atoms with Crippen LogP contribution >= 0.6 is 34.5 Å². The number of carbonyl (C=O) groups is 2. The number of furan rings is 1. The minimum absolute atomic E-state index is 0.0276. The monoisotopic (exact) mass is 538 g/mol. The lowest BCUT2D eigenvalue weighted by molar-refractivity contribution is 0.0473. The van der Waals surface area contributed by atoms with E-state index in [0.717, 1.165) is 24.8 Å². The summed E-state index contributed by atoms with van der Waals surface area (Å²) in [5, 5.41) is 1.38. The maximum Gasteiger partial charge on any atom is 0.340 e. The van der Waals surface area contributed by atoms with Crippen LogP contribution in [0, 0.1) is 0 Å². The molecule has 0 unspecified atom stereocenters. The number of hydrogen-bond acceptors (Lipinski definition) is 6. The smallest absolute Gasteiger partial charge is 0.340 e. The van der Waals surface area contributed by atoms with E-state index in [9.17, 15) is 9.59 Å². The first-order valence-electron chi connectivity index (χ1n) is 11.2. The third kappa shape index (κ3) is 4.95. The van der Waals surface area contributed by atoms with Crippen molar-refractivity contribution in [3.63, 3.8) is 0 Å². The van der Waals surface area contributed by atoms with Crippen LogP contribution in [0.2, 0.25) is 10.0 Å². The summed E-state index contributed by atoms with van der Waals surface area (Å²) in [4.78, 5) is 30.3. The van der Waals surface area contributed by atoms with Gasteiger partial charge in [0.05, 0.1) is 22.4 Å². The Morgan fingerprint density at radius 1 is 1.08 bits per heavy atom. The average molecular weight is 539 g/mol. The number of nitrogens with two attached hydrogens (primary N) is 1. The molecule has 9 heteroatoms. The lowest BCUT2D eigenvalue weighted by Gasteiger charge is -2.09. The number of carbonyl (C=O) groups excluding carboxylic acids is 2. The Kier molecular flexibility index (Phi) is 6.96. The standard InChI is InChI=1S/C27H20Cl2N2O4S/c28-20-6-2-1-4-16(20)14-34-27(33)19-12-15(8-10-21(19)29)22-11-9-17(35-22)13-31-26-24(25(30)32)18-5-3-7-23(18)36-26/h1-2,4,6,8-13H,3,5,7,14H2,(H2,30,32). The number of rotatable bonds is 7. The molecule has 1 amide bonds. The molecule has 182 valence electrons. The summed E-state index contributed by atoms with van der Waals surface area (Å²) >= 11 is 13.9. The van der Waals surface area contributed by atoms with E-state index >= 15 is 0 Å². The molecule has 0 atom stereocenters. The normalized spacial score (nSPS) is 12.7. The number of amides is 1. The van der Waals surface area contributed by atoms with Gasteiger partial charge in [-0.15, -0.1) is 11.3 Å². The van der Waals surface area contributed by atoms with Gasteiger partial charge in [0.25, 0.3) is 5.91 Å². The zero-order valence-electron chi connectivity index (χ0n) is 18.9. The summed E-state index contributed by atoms with van der Waals surface area (Å²) in [7, 11) is 0. The molecule has 0 saturated carbocycles. The first kappa shape index (κ1) is 24.3. The molecule has 36 heavy (non-hydrogen) atoms. The van der Waals surface area contributed by atoms with Crippen molar-refractivity contribution < 1.29 is 18.7 Å². The fourth-order valence-electron chi connectivity index (χ4n) is 4.11. The number of primary amides is 1. The first-order valence-corrected chi connectivity index (χ1v) is 12.8. The molecule has 2 aromatic heterocycles. The molecule has 6 nitrogen and oxygen atoms in total. The summed E-state index contributed by atoms with van der Waals surface area (Å²) in [5.74, 6) is -0.0134. The number of thiophene rings is 1. The molecule has 1 aliphatic carbocycles. The minimum atomic E-state index is -0.570. The van der Waals surface area contributed by atoms with Crippen molar-refractivity contribution in [2.24, 2.45) is 10.7 Å². The predicted molar refractivity (Wildman–Crippen MR) is 142 cm³/mol. The number of aliphatic imine (C=N–C) groups is 1. The van der Waals surface area contributed by atoms with Crippen molar-refractivity contribution in [3.05, 3.63) is 97.5 Å². The van der Waals surface area contributed by atoms with Crippen LogP contribution < -0.4 is 5.73 Å². The van der Waals surface area contributed by atoms with E-state index in [1.165, 1.54) is 16.2 Å². The maximum absolute atomic E-state index is 12.7. The maximum atomic E-state index is 12.7. The number of fused-ring (bicyclic) bond motifs is 1. The topological polar surface area (TPSA) is 94.9 Å². The quantitative estimate of drug-likeness (QED) is 0.202. The lowest BCUT2D eigenvalue weighted by Crippen LogP contribution is -2.12. The number of esters is 1. The van der Waals surface area contributed by atoms with Crippen LogP contribution in [0.1, 0.15) is 48.9 Å². The van der Waals surface area contributed by atoms with E-state index in [1.807, 2.05) is 6.07 Å². The Morgan fingerprint density at radius 2 is 1.92 bits per heavy atom. The van der Waals surface area contributed by atoms with E-state index in [2.05, 4.69) is 4.99 Å². The van der Waals surface area contributed by atoms with Gasteiger partial charge in [-0.2, -0.15) is 0 Å². The number of benzene rings is 2. The van der Waals surface area contributed by atoms with Gasteiger partial charge < -0.3 is 14.9 Å². The van der Waals surface area contributed by atoms with Crippen LogP contribution in [-0.2, 0) is 24.2 Å². The summed E-state index contributed by atoms with van der Waals surface area (Å²) < 4.78 is 11.3. The van der Waals surface area contributed by atoms with Gasteiger partial charge in [0, 0.05) is 21.0 Å². The Balaban J connectivity index is 1.33. The Bertz CT molecular complexity index is 1510. The highest BCUT2D eigenvalue weighted by Gasteiger charge is 2.25. The van der Waals surface area contributed by atoms with Crippen molar-refractivity contribution in [3.8, 4) is 11.3 Å². The summed E-state index contributed by atoms with van der Waals surface area (Å²) in [5.41, 5.74) is 8.70. The minimum Gasteiger partial charge on any atom is -0.457 e. The Morgan fingerprint density at radius 3 is 2.72 bits per heavy atom. The van der Waals surface area contributed by atoms with Crippen molar-refractivity contribution >= 4 is 57.6 Å².